The molecule has 3 N–H and O–H groups in total. The molecular weight excluding hydrogens is 240 g/mol. The lowest BCUT2D eigenvalue weighted by Crippen LogP contribution is -2.39. The van der Waals surface area contributed by atoms with Crippen molar-refractivity contribution in [3.05, 3.63) is 18.3 Å². The summed E-state index contributed by atoms with van der Waals surface area (Å²) < 4.78 is 26.5. The van der Waals surface area contributed by atoms with E-state index in [1.807, 2.05) is 19.0 Å². The van der Waals surface area contributed by atoms with Gasteiger partial charge in [0.1, 0.15) is 10.7 Å². The monoisotopic (exact) mass is 258 g/mol. The standard InChI is InChI=1S/C10H18N4O2S/c1-8(7-14(2)3)13-17(15,16)9-5-4-6-12-10(9)11/h4-6,8,13H,7H2,1-3H3,(H2,11,12). The van der Waals surface area contributed by atoms with Crippen LogP contribution in [0, 0.1) is 0 Å². The predicted molar refractivity (Wildman–Crippen MR) is 67.0 cm³/mol. The van der Waals surface area contributed by atoms with Crippen LogP contribution in [0.15, 0.2) is 23.2 Å². The molecule has 1 aromatic heterocycles. The summed E-state index contributed by atoms with van der Waals surface area (Å²) in [6, 6.07) is 2.78. The second-order valence-corrected chi connectivity index (χ2v) is 5.85. The van der Waals surface area contributed by atoms with E-state index in [4.69, 9.17) is 5.73 Å². The highest BCUT2D eigenvalue weighted by Crippen LogP contribution is 2.14. The molecule has 0 saturated carbocycles. The highest BCUT2D eigenvalue weighted by molar-refractivity contribution is 7.89. The van der Waals surface area contributed by atoms with Crippen LogP contribution in [0.25, 0.3) is 0 Å². The van der Waals surface area contributed by atoms with Crippen LogP contribution in [-0.4, -0.2) is 45.0 Å². The zero-order valence-electron chi connectivity index (χ0n) is 10.2. The van der Waals surface area contributed by atoms with Crippen molar-refractivity contribution in [1.29, 1.82) is 0 Å². The van der Waals surface area contributed by atoms with Gasteiger partial charge in [-0.15, -0.1) is 0 Å². The van der Waals surface area contributed by atoms with Crippen molar-refractivity contribution >= 4 is 15.8 Å². The van der Waals surface area contributed by atoms with Crippen molar-refractivity contribution < 1.29 is 8.42 Å². The summed E-state index contributed by atoms with van der Waals surface area (Å²) in [4.78, 5) is 5.68. The normalized spacial score (nSPS) is 13.9. The molecule has 0 radical (unpaired) electrons. The van der Waals surface area contributed by atoms with Gasteiger partial charge < -0.3 is 10.6 Å². The highest BCUT2D eigenvalue weighted by atomic mass is 32.2. The Labute approximate surface area is 102 Å². The van der Waals surface area contributed by atoms with Crippen molar-refractivity contribution in [3.8, 4) is 0 Å². The number of sulfonamides is 1. The summed E-state index contributed by atoms with van der Waals surface area (Å²) in [5.74, 6) is 0.0112. The van der Waals surface area contributed by atoms with Crippen LogP contribution in [0.4, 0.5) is 5.82 Å². The number of nitrogens with zero attached hydrogens (tertiary/aromatic N) is 2. The average molecular weight is 258 g/mol. The summed E-state index contributed by atoms with van der Waals surface area (Å²) in [7, 11) is 0.156. The lowest BCUT2D eigenvalue weighted by Gasteiger charge is -2.18. The number of nitrogens with one attached hydrogen (secondary N) is 1. The molecule has 96 valence electrons. The molecule has 0 aliphatic heterocycles. The van der Waals surface area contributed by atoms with Crippen molar-refractivity contribution in [2.75, 3.05) is 26.4 Å². The van der Waals surface area contributed by atoms with E-state index in [9.17, 15) is 8.42 Å². The van der Waals surface area contributed by atoms with Gasteiger partial charge in [-0.05, 0) is 33.2 Å². The Morgan fingerprint density at radius 1 is 1.53 bits per heavy atom. The number of aromatic nitrogens is 1. The quantitative estimate of drug-likeness (QED) is 0.769. The van der Waals surface area contributed by atoms with Gasteiger partial charge in [0.25, 0.3) is 0 Å². The Morgan fingerprint density at radius 2 is 2.18 bits per heavy atom. The SMILES string of the molecule is CC(CN(C)C)NS(=O)(=O)c1cccnc1N. The van der Waals surface area contributed by atoms with E-state index in [-0.39, 0.29) is 16.8 Å². The summed E-state index contributed by atoms with van der Waals surface area (Å²) in [5, 5.41) is 0. The van der Waals surface area contributed by atoms with Crippen molar-refractivity contribution in [2.24, 2.45) is 0 Å². The molecule has 0 aliphatic carbocycles. The fourth-order valence-electron chi connectivity index (χ4n) is 1.54. The van der Waals surface area contributed by atoms with E-state index in [0.717, 1.165) is 0 Å². The molecule has 17 heavy (non-hydrogen) atoms. The van der Waals surface area contributed by atoms with E-state index in [0.29, 0.717) is 6.54 Å². The molecular formula is C10H18N4O2S. The Bertz CT molecular complexity index is 473. The van der Waals surface area contributed by atoms with Crippen molar-refractivity contribution in [3.63, 3.8) is 0 Å². The van der Waals surface area contributed by atoms with E-state index in [2.05, 4.69) is 9.71 Å². The number of hydrogen-bond acceptors (Lipinski definition) is 5. The van der Waals surface area contributed by atoms with E-state index in [1.165, 1.54) is 12.3 Å². The Morgan fingerprint density at radius 3 is 2.71 bits per heavy atom. The van der Waals surface area contributed by atoms with Gasteiger partial charge >= 0.3 is 0 Å². The van der Waals surface area contributed by atoms with Crippen LogP contribution < -0.4 is 10.5 Å². The minimum absolute atomic E-state index is 0.0112. The van der Waals surface area contributed by atoms with Gasteiger partial charge in [-0.25, -0.2) is 18.1 Å². The zero-order chi connectivity index (χ0) is 13.1. The fourth-order valence-corrected chi connectivity index (χ4v) is 2.86. The third-order valence-corrected chi connectivity index (χ3v) is 3.72. The van der Waals surface area contributed by atoms with Gasteiger partial charge in [-0.2, -0.15) is 0 Å². The van der Waals surface area contributed by atoms with E-state index in [1.54, 1.807) is 13.0 Å². The molecule has 1 aromatic rings. The summed E-state index contributed by atoms with van der Waals surface area (Å²) in [5.41, 5.74) is 5.54. The predicted octanol–water partition coefficient (Wildman–Crippen LogP) is -0.108. The van der Waals surface area contributed by atoms with Crippen LogP contribution in [0.3, 0.4) is 0 Å². The first-order chi connectivity index (χ1) is 7.83. The van der Waals surface area contributed by atoms with Crippen LogP contribution in [0.2, 0.25) is 0 Å². The molecule has 0 spiro atoms. The fraction of sp³-hybridized carbons (Fsp3) is 0.500. The van der Waals surface area contributed by atoms with Crippen LogP contribution in [-0.2, 0) is 10.0 Å². The third kappa shape index (κ3) is 3.95. The number of hydrogen-bond donors (Lipinski definition) is 2. The second kappa shape index (κ2) is 5.44. The smallest absolute Gasteiger partial charge is 0.244 e. The highest BCUT2D eigenvalue weighted by Gasteiger charge is 2.20. The van der Waals surface area contributed by atoms with E-state index >= 15 is 0 Å². The van der Waals surface area contributed by atoms with Gasteiger partial charge in [0, 0.05) is 18.8 Å². The number of likely N-dealkylation sites (N-methyl/N-ethyl adjacent to an activating group) is 1. The molecule has 0 aliphatic rings. The first kappa shape index (κ1) is 13.9. The number of rotatable bonds is 5. The van der Waals surface area contributed by atoms with Gasteiger partial charge in [0.15, 0.2) is 0 Å². The molecule has 0 saturated heterocycles. The molecule has 0 fully saturated rings. The van der Waals surface area contributed by atoms with Crippen molar-refractivity contribution in [2.45, 2.75) is 17.9 Å². The summed E-state index contributed by atoms with van der Waals surface area (Å²) >= 11 is 0. The Hall–Kier alpha value is -1.18. The van der Waals surface area contributed by atoms with Crippen LogP contribution >= 0.6 is 0 Å². The molecule has 0 amide bonds. The second-order valence-electron chi connectivity index (χ2n) is 4.17. The maximum atomic E-state index is 12.0. The Kier molecular flexibility index (Phi) is 4.44. The lowest BCUT2D eigenvalue weighted by molar-refractivity contribution is 0.370. The van der Waals surface area contributed by atoms with Crippen molar-refractivity contribution in [1.82, 2.24) is 14.6 Å². The molecule has 1 rings (SSSR count). The average Bonchev–Trinajstić information content (AvgIpc) is 2.15. The van der Waals surface area contributed by atoms with Crippen LogP contribution in [0.5, 0.6) is 0 Å². The summed E-state index contributed by atoms with van der Waals surface area (Å²) in [6.07, 6.45) is 1.46. The largest absolute Gasteiger partial charge is 0.383 e. The minimum atomic E-state index is -3.60. The molecule has 1 heterocycles. The van der Waals surface area contributed by atoms with E-state index < -0.39 is 10.0 Å². The van der Waals surface area contributed by atoms with Gasteiger partial charge in [-0.1, -0.05) is 0 Å². The maximum Gasteiger partial charge on any atom is 0.244 e. The molecule has 1 atom stereocenters. The summed E-state index contributed by atoms with van der Waals surface area (Å²) in [6.45, 7) is 2.41. The first-order valence-corrected chi connectivity index (χ1v) is 6.69. The topological polar surface area (TPSA) is 88.3 Å². The first-order valence-electron chi connectivity index (χ1n) is 5.20. The van der Waals surface area contributed by atoms with Gasteiger partial charge in [0.2, 0.25) is 10.0 Å². The number of pyridine rings is 1. The maximum absolute atomic E-state index is 12.0. The molecule has 1 unspecified atom stereocenters. The minimum Gasteiger partial charge on any atom is -0.383 e. The number of nitrogens with two attached hydrogens (primary N) is 1. The van der Waals surface area contributed by atoms with Gasteiger partial charge in [-0.3, -0.25) is 0 Å². The molecule has 6 nitrogen and oxygen atoms in total. The lowest BCUT2D eigenvalue weighted by atomic mass is 10.3. The van der Waals surface area contributed by atoms with Gasteiger partial charge in [0.05, 0.1) is 0 Å². The van der Waals surface area contributed by atoms with Crippen LogP contribution in [0.1, 0.15) is 6.92 Å². The number of anilines is 1. The molecule has 0 bridgehead atoms. The zero-order valence-corrected chi connectivity index (χ0v) is 11.0. The Balaban J connectivity index is 2.86. The third-order valence-electron chi connectivity index (χ3n) is 2.08. The molecule has 0 aromatic carbocycles. The molecule has 7 heteroatoms. The number of nitrogen functional groups attached to an aromatic ring is 1.